The van der Waals surface area contributed by atoms with Crippen molar-refractivity contribution in [2.45, 2.75) is 45.3 Å². The van der Waals surface area contributed by atoms with Gasteiger partial charge in [0.05, 0.1) is 6.10 Å². The molecular weight excluding hydrogens is 246 g/mol. The standard InChI is InChI=1S/C14H25NO4/c1-14(2,3)19-13(17)15-6-4-12(16)11(8-15)10-5-7-18-9-10/h10-12,16H,4-9H2,1-3H3/t10-,11-,12-/m0/s1. The Balaban J connectivity index is 1.94. The Labute approximate surface area is 114 Å². The second-order valence-corrected chi connectivity index (χ2v) is 6.57. The van der Waals surface area contributed by atoms with Crippen molar-refractivity contribution in [2.75, 3.05) is 26.3 Å². The van der Waals surface area contributed by atoms with Gasteiger partial charge in [-0.3, -0.25) is 0 Å². The first-order valence-electron chi connectivity index (χ1n) is 7.10. The SMILES string of the molecule is CC(C)(C)OC(=O)N1CC[C@H](O)[C@H]([C@H]2CCOC2)C1. The summed E-state index contributed by atoms with van der Waals surface area (Å²) in [6, 6.07) is 0. The second-order valence-electron chi connectivity index (χ2n) is 6.57. The van der Waals surface area contributed by atoms with Crippen LogP contribution in [0.1, 0.15) is 33.6 Å². The number of aliphatic hydroxyl groups excluding tert-OH is 1. The highest BCUT2D eigenvalue weighted by Crippen LogP contribution is 2.30. The van der Waals surface area contributed by atoms with Crippen LogP contribution in [0.15, 0.2) is 0 Å². The molecule has 0 radical (unpaired) electrons. The Morgan fingerprint density at radius 1 is 1.37 bits per heavy atom. The smallest absolute Gasteiger partial charge is 0.410 e. The Morgan fingerprint density at radius 2 is 2.11 bits per heavy atom. The summed E-state index contributed by atoms with van der Waals surface area (Å²) in [6.45, 7) is 8.21. The van der Waals surface area contributed by atoms with Gasteiger partial charge in [0.1, 0.15) is 5.60 Å². The largest absolute Gasteiger partial charge is 0.444 e. The minimum absolute atomic E-state index is 0.115. The van der Waals surface area contributed by atoms with Gasteiger partial charge in [-0.1, -0.05) is 0 Å². The molecule has 2 aliphatic heterocycles. The summed E-state index contributed by atoms with van der Waals surface area (Å²) in [5, 5.41) is 10.1. The van der Waals surface area contributed by atoms with Crippen LogP contribution in [0.4, 0.5) is 4.79 Å². The van der Waals surface area contributed by atoms with E-state index in [0.717, 1.165) is 13.0 Å². The number of piperidine rings is 1. The van der Waals surface area contributed by atoms with Gasteiger partial charge in [-0.15, -0.1) is 0 Å². The van der Waals surface area contributed by atoms with Crippen LogP contribution >= 0.6 is 0 Å². The summed E-state index contributed by atoms with van der Waals surface area (Å²) in [6.07, 6.45) is 0.998. The third-order valence-corrected chi connectivity index (χ3v) is 3.84. The molecule has 19 heavy (non-hydrogen) atoms. The van der Waals surface area contributed by atoms with Crippen molar-refractivity contribution >= 4 is 6.09 Å². The second kappa shape index (κ2) is 5.67. The van der Waals surface area contributed by atoms with Crippen LogP contribution in [0.3, 0.4) is 0 Å². The maximum absolute atomic E-state index is 12.1. The molecule has 2 heterocycles. The van der Waals surface area contributed by atoms with Crippen LogP contribution in [-0.4, -0.2) is 54.1 Å². The van der Waals surface area contributed by atoms with Gasteiger partial charge in [0.15, 0.2) is 0 Å². The summed E-state index contributed by atoms with van der Waals surface area (Å²) < 4.78 is 10.8. The van der Waals surface area contributed by atoms with Gasteiger partial charge in [0, 0.05) is 32.2 Å². The molecule has 0 saturated carbocycles. The molecule has 2 aliphatic rings. The highest BCUT2D eigenvalue weighted by atomic mass is 16.6. The Morgan fingerprint density at radius 3 is 2.68 bits per heavy atom. The van der Waals surface area contributed by atoms with E-state index in [-0.39, 0.29) is 18.1 Å². The van der Waals surface area contributed by atoms with Crippen molar-refractivity contribution in [1.82, 2.24) is 4.90 Å². The highest BCUT2D eigenvalue weighted by molar-refractivity contribution is 5.68. The zero-order valence-corrected chi connectivity index (χ0v) is 12.1. The van der Waals surface area contributed by atoms with E-state index in [1.165, 1.54) is 0 Å². The minimum atomic E-state index is -0.473. The van der Waals surface area contributed by atoms with E-state index < -0.39 is 5.60 Å². The van der Waals surface area contributed by atoms with Gasteiger partial charge >= 0.3 is 6.09 Å². The van der Waals surface area contributed by atoms with Crippen LogP contribution in [0.2, 0.25) is 0 Å². The molecule has 2 fully saturated rings. The lowest BCUT2D eigenvalue weighted by molar-refractivity contribution is -0.0232. The summed E-state index contributed by atoms with van der Waals surface area (Å²) in [5.41, 5.74) is -0.473. The van der Waals surface area contributed by atoms with Gasteiger partial charge in [-0.05, 0) is 39.5 Å². The van der Waals surface area contributed by atoms with E-state index in [2.05, 4.69) is 0 Å². The third-order valence-electron chi connectivity index (χ3n) is 3.84. The molecule has 3 atom stereocenters. The summed E-state index contributed by atoms with van der Waals surface area (Å²) >= 11 is 0. The number of ether oxygens (including phenoxy) is 2. The van der Waals surface area contributed by atoms with Gasteiger partial charge in [-0.2, -0.15) is 0 Å². The molecular formula is C14H25NO4. The maximum atomic E-state index is 12.1. The molecule has 0 aromatic rings. The minimum Gasteiger partial charge on any atom is -0.444 e. The number of carbonyl (C=O) groups is 1. The van der Waals surface area contributed by atoms with E-state index in [1.807, 2.05) is 20.8 Å². The zero-order chi connectivity index (χ0) is 14.0. The van der Waals surface area contributed by atoms with E-state index in [4.69, 9.17) is 9.47 Å². The van der Waals surface area contributed by atoms with Crippen LogP contribution in [0.25, 0.3) is 0 Å². The fourth-order valence-electron chi connectivity index (χ4n) is 2.82. The van der Waals surface area contributed by atoms with Crippen molar-refractivity contribution < 1.29 is 19.4 Å². The van der Waals surface area contributed by atoms with Crippen LogP contribution in [0, 0.1) is 11.8 Å². The maximum Gasteiger partial charge on any atom is 0.410 e. The molecule has 2 saturated heterocycles. The van der Waals surface area contributed by atoms with E-state index in [1.54, 1.807) is 4.90 Å². The number of hydrogen-bond acceptors (Lipinski definition) is 4. The molecule has 110 valence electrons. The monoisotopic (exact) mass is 271 g/mol. The molecule has 0 aromatic carbocycles. The Bertz CT molecular complexity index is 320. The molecule has 0 bridgehead atoms. The predicted molar refractivity (Wildman–Crippen MR) is 70.8 cm³/mol. The predicted octanol–water partition coefficient (Wildman–Crippen LogP) is 1.64. The number of likely N-dealkylation sites (tertiary alicyclic amines) is 1. The van der Waals surface area contributed by atoms with Crippen molar-refractivity contribution in [3.8, 4) is 0 Å². The van der Waals surface area contributed by atoms with Crippen LogP contribution < -0.4 is 0 Å². The molecule has 1 amide bonds. The quantitative estimate of drug-likeness (QED) is 0.787. The first-order chi connectivity index (χ1) is 8.87. The average molecular weight is 271 g/mol. The summed E-state index contributed by atoms with van der Waals surface area (Å²) in [7, 11) is 0. The van der Waals surface area contributed by atoms with Crippen molar-refractivity contribution in [1.29, 1.82) is 0 Å². The van der Waals surface area contributed by atoms with Crippen LogP contribution in [-0.2, 0) is 9.47 Å². The molecule has 5 nitrogen and oxygen atoms in total. The lowest BCUT2D eigenvalue weighted by Gasteiger charge is -2.39. The lowest BCUT2D eigenvalue weighted by atomic mass is 9.83. The first kappa shape index (κ1) is 14.6. The van der Waals surface area contributed by atoms with E-state index in [0.29, 0.717) is 32.0 Å². The molecule has 0 spiro atoms. The highest BCUT2D eigenvalue weighted by Gasteiger charge is 2.38. The number of amides is 1. The Hall–Kier alpha value is -0.810. The average Bonchev–Trinajstić information content (AvgIpc) is 2.80. The zero-order valence-electron chi connectivity index (χ0n) is 12.1. The number of rotatable bonds is 1. The third kappa shape index (κ3) is 3.83. The molecule has 2 rings (SSSR count). The van der Waals surface area contributed by atoms with Crippen molar-refractivity contribution in [3.05, 3.63) is 0 Å². The molecule has 0 aromatic heterocycles. The first-order valence-corrected chi connectivity index (χ1v) is 7.10. The van der Waals surface area contributed by atoms with Gasteiger partial charge in [-0.25, -0.2) is 4.79 Å². The lowest BCUT2D eigenvalue weighted by Crippen LogP contribution is -2.49. The molecule has 0 unspecified atom stereocenters. The topological polar surface area (TPSA) is 59.0 Å². The summed E-state index contributed by atoms with van der Waals surface area (Å²) in [5.74, 6) is 0.476. The van der Waals surface area contributed by atoms with E-state index >= 15 is 0 Å². The van der Waals surface area contributed by atoms with Gasteiger partial charge < -0.3 is 19.5 Å². The van der Waals surface area contributed by atoms with Gasteiger partial charge in [0.2, 0.25) is 0 Å². The number of carbonyl (C=O) groups excluding carboxylic acids is 1. The fraction of sp³-hybridized carbons (Fsp3) is 0.929. The van der Waals surface area contributed by atoms with Gasteiger partial charge in [0.25, 0.3) is 0 Å². The number of nitrogens with zero attached hydrogens (tertiary/aromatic N) is 1. The Kier molecular flexibility index (Phi) is 4.36. The van der Waals surface area contributed by atoms with Crippen molar-refractivity contribution in [2.24, 2.45) is 11.8 Å². The summed E-state index contributed by atoms with van der Waals surface area (Å²) in [4.78, 5) is 13.8. The molecule has 5 heteroatoms. The number of hydrogen-bond donors (Lipinski definition) is 1. The normalized spacial score (nSPS) is 32.4. The van der Waals surface area contributed by atoms with Crippen LogP contribution in [0.5, 0.6) is 0 Å². The molecule has 1 N–H and O–H groups in total. The van der Waals surface area contributed by atoms with Crippen molar-refractivity contribution in [3.63, 3.8) is 0 Å². The van der Waals surface area contributed by atoms with E-state index in [9.17, 15) is 9.90 Å². The molecule has 0 aliphatic carbocycles. The fourth-order valence-corrected chi connectivity index (χ4v) is 2.82. The number of aliphatic hydroxyl groups is 1.